The van der Waals surface area contributed by atoms with E-state index in [1.54, 1.807) is 12.1 Å². The summed E-state index contributed by atoms with van der Waals surface area (Å²) in [5.74, 6) is -0.0921. The molecule has 1 aliphatic rings. The molecular formula is C25H38ClN3O3. The Balaban J connectivity index is 2.29. The summed E-state index contributed by atoms with van der Waals surface area (Å²) in [7, 11) is 0. The van der Waals surface area contributed by atoms with Crippen LogP contribution in [0.3, 0.4) is 0 Å². The van der Waals surface area contributed by atoms with Gasteiger partial charge in [0.15, 0.2) is 0 Å². The Kier molecular flexibility index (Phi) is 8.38. The summed E-state index contributed by atoms with van der Waals surface area (Å²) in [5, 5.41) is 6.49. The monoisotopic (exact) mass is 463 g/mol. The Labute approximate surface area is 197 Å². The first-order valence-electron chi connectivity index (χ1n) is 11.6. The van der Waals surface area contributed by atoms with Gasteiger partial charge >= 0.3 is 6.03 Å². The zero-order chi connectivity index (χ0) is 24.2. The Morgan fingerprint density at radius 1 is 1.19 bits per heavy atom. The van der Waals surface area contributed by atoms with Gasteiger partial charge in [0.05, 0.1) is 5.41 Å². The molecule has 1 aromatic carbocycles. The molecule has 0 saturated carbocycles. The number of carbonyl (C=O) groups excluding carboxylic acids is 3. The zero-order valence-electron chi connectivity index (χ0n) is 20.3. The van der Waals surface area contributed by atoms with Gasteiger partial charge in [0.25, 0.3) is 0 Å². The summed E-state index contributed by atoms with van der Waals surface area (Å²) in [5.41, 5.74) is -1.27. The lowest BCUT2D eigenvalue weighted by Gasteiger charge is -2.52. The van der Waals surface area contributed by atoms with Gasteiger partial charge in [-0.25, -0.2) is 4.79 Å². The molecule has 2 rings (SSSR count). The maximum Gasteiger partial charge on any atom is 0.315 e. The zero-order valence-corrected chi connectivity index (χ0v) is 21.0. The fraction of sp³-hybridized carbons (Fsp3) is 0.640. The van der Waals surface area contributed by atoms with Crippen LogP contribution in [0.2, 0.25) is 5.02 Å². The second-order valence-electron chi connectivity index (χ2n) is 9.65. The lowest BCUT2D eigenvalue weighted by molar-refractivity contribution is -0.145. The van der Waals surface area contributed by atoms with Crippen molar-refractivity contribution in [3.8, 4) is 0 Å². The summed E-state index contributed by atoms with van der Waals surface area (Å²) in [6.45, 7) is 12.7. The minimum absolute atomic E-state index is 0.0259. The van der Waals surface area contributed by atoms with E-state index in [2.05, 4.69) is 10.6 Å². The van der Waals surface area contributed by atoms with Crippen molar-refractivity contribution in [1.29, 1.82) is 0 Å². The van der Waals surface area contributed by atoms with Crippen LogP contribution in [-0.4, -0.2) is 47.8 Å². The van der Waals surface area contributed by atoms with E-state index < -0.39 is 16.4 Å². The number of hydrogen-bond acceptors (Lipinski definition) is 3. The van der Waals surface area contributed by atoms with E-state index in [4.69, 9.17) is 11.6 Å². The van der Waals surface area contributed by atoms with Gasteiger partial charge in [-0.2, -0.15) is 0 Å². The van der Waals surface area contributed by atoms with Gasteiger partial charge in [0.2, 0.25) is 5.91 Å². The van der Waals surface area contributed by atoms with Crippen molar-refractivity contribution in [2.24, 2.45) is 5.41 Å². The summed E-state index contributed by atoms with van der Waals surface area (Å²) in [6, 6.07) is 7.11. The third kappa shape index (κ3) is 4.95. The number of benzene rings is 1. The van der Waals surface area contributed by atoms with Crippen molar-refractivity contribution in [3.05, 3.63) is 34.9 Å². The van der Waals surface area contributed by atoms with Crippen LogP contribution in [0.15, 0.2) is 24.3 Å². The molecule has 0 aromatic heterocycles. The maximum atomic E-state index is 13.7. The topological polar surface area (TPSA) is 78.5 Å². The molecule has 0 bridgehead atoms. The van der Waals surface area contributed by atoms with Crippen LogP contribution >= 0.6 is 11.6 Å². The third-order valence-electron chi connectivity index (χ3n) is 7.38. The van der Waals surface area contributed by atoms with Crippen LogP contribution in [0.5, 0.6) is 0 Å². The Hall–Kier alpha value is -2.08. The molecule has 1 heterocycles. The molecule has 6 nitrogen and oxygen atoms in total. The van der Waals surface area contributed by atoms with Crippen molar-refractivity contribution in [2.45, 2.75) is 84.2 Å². The van der Waals surface area contributed by atoms with E-state index in [0.717, 1.165) is 18.3 Å². The molecule has 2 N–H and O–H groups in total. The van der Waals surface area contributed by atoms with Crippen molar-refractivity contribution >= 4 is 29.8 Å². The Morgan fingerprint density at radius 2 is 1.78 bits per heavy atom. The fourth-order valence-electron chi connectivity index (χ4n) is 4.75. The van der Waals surface area contributed by atoms with E-state index in [1.165, 1.54) is 0 Å². The first kappa shape index (κ1) is 26.2. The van der Waals surface area contributed by atoms with Crippen molar-refractivity contribution < 1.29 is 14.4 Å². The number of piperidine rings is 1. The van der Waals surface area contributed by atoms with Crippen molar-refractivity contribution in [3.63, 3.8) is 0 Å². The minimum atomic E-state index is -0.977. The molecule has 3 amide bonds. The SMILES string of the molecule is CC[C@@H](C)NC(=O)NC(CC)(CC)C(=O)N1CCC(C=O)(c2ccc(Cl)cc2)C(C)(C)C1. The van der Waals surface area contributed by atoms with E-state index >= 15 is 0 Å². The van der Waals surface area contributed by atoms with Crippen molar-refractivity contribution in [1.82, 2.24) is 15.5 Å². The maximum absolute atomic E-state index is 13.7. The number of likely N-dealkylation sites (tertiary alicyclic amines) is 1. The normalized spacial score (nSPS) is 21.5. The molecule has 0 aliphatic carbocycles. The highest BCUT2D eigenvalue weighted by Crippen LogP contribution is 2.47. The van der Waals surface area contributed by atoms with Crippen LogP contribution in [0.25, 0.3) is 0 Å². The molecule has 7 heteroatoms. The Morgan fingerprint density at radius 3 is 2.25 bits per heavy atom. The molecule has 1 aliphatic heterocycles. The van der Waals surface area contributed by atoms with Crippen LogP contribution in [0.1, 0.15) is 72.8 Å². The van der Waals surface area contributed by atoms with E-state index in [1.807, 2.05) is 58.6 Å². The minimum Gasteiger partial charge on any atom is -0.340 e. The fourth-order valence-corrected chi connectivity index (χ4v) is 4.88. The van der Waals surface area contributed by atoms with E-state index in [9.17, 15) is 14.4 Å². The van der Waals surface area contributed by atoms with Gasteiger partial charge in [0, 0.05) is 24.2 Å². The van der Waals surface area contributed by atoms with Crippen molar-refractivity contribution in [2.75, 3.05) is 13.1 Å². The van der Waals surface area contributed by atoms with Crippen LogP contribution in [-0.2, 0) is 15.0 Å². The third-order valence-corrected chi connectivity index (χ3v) is 7.63. The first-order chi connectivity index (χ1) is 15.0. The molecule has 1 saturated heterocycles. The van der Waals surface area contributed by atoms with Crippen LogP contribution < -0.4 is 10.6 Å². The van der Waals surface area contributed by atoms with Gasteiger partial charge in [-0.05, 0) is 55.7 Å². The van der Waals surface area contributed by atoms with Crippen LogP contribution in [0.4, 0.5) is 4.79 Å². The molecule has 178 valence electrons. The standard InChI is InChI=1S/C25H38ClN3O3/c1-7-18(4)27-22(32)28-25(8-2,9-3)21(31)29-15-14-24(17-30,23(5,6)16-29)19-10-12-20(26)13-11-19/h10-13,17-18H,7-9,14-16H2,1-6H3,(H2,27,28,32)/t18-,24?/m1/s1. The number of rotatable bonds is 8. The second kappa shape index (κ2) is 10.2. The number of halogens is 1. The summed E-state index contributed by atoms with van der Waals surface area (Å²) in [4.78, 5) is 40.5. The number of amides is 3. The average Bonchev–Trinajstić information content (AvgIpc) is 2.77. The predicted molar refractivity (Wildman–Crippen MR) is 129 cm³/mol. The number of carbonyl (C=O) groups is 3. The average molecular weight is 464 g/mol. The van der Waals surface area contributed by atoms with Gasteiger partial charge in [0.1, 0.15) is 11.8 Å². The number of urea groups is 1. The lowest BCUT2D eigenvalue weighted by atomic mass is 9.58. The number of hydrogen-bond donors (Lipinski definition) is 2. The summed E-state index contributed by atoms with van der Waals surface area (Å²) in [6.07, 6.45) is 3.33. The second-order valence-corrected chi connectivity index (χ2v) is 10.1. The predicted octanol–water partition coefficient (Wildman–Crippen LogP) is 4.69. The largest absolute Gasteiger partial charge is 0.340 e. The molecule has 1 fully saturated rings. The van der Waals surface area contributed by atoms with Gasteiger partial charge in [-0.3, -0.25) is 4.79 Å². The summed E-state index contributed by atoms with van der Waals surface area (Å²) >= 11 is 6.06. The smallest absolute Gasteiger partial charge is 0.315 e. The quantitative estimate of drug-likeness (QED) is 0.549. The molecule has 0 spiro atoms. The molecule has 1 unspecified atom stereocenters. The number of aldehydes is 1. The van der Waals surface area contributed by atoms with Gasteiger partial charge in [-0.1, -0.05) is 58.4 Å². The highest BCUT2D eigenvalue weighted by atomic mass is 35.5. The molecule has 0 radical (unpaired) electrons. The van der Waals surface area contributed by atoms with E-state index in [0.29, 0.717) is 37.4 Å². The van der Waals surface area contributed by atoms with Crippen LogP contribution in [0, 0.1) is 5.41 Å². The number of nitrogens with zero attached hydrogens (tertiary/aromatic N) is 1. The van der Waals surface area contributed by atoms with Gasteiger partial charge in [-0.15, -0.1) is 0 Å². The highest BCUT2D eigenvalue weighted by molar-refractivity contribution is 6.30. The lowest BCUT2D eigenvalue weighted by Crippen LogP contribution is -2.65. The molecular weight excluding hydrogens is 426 g/mol. The number of nitrogens with one attached hydrogen (secondary N) is 2. The van der Waals surface area contributed by atoms with Gasteiger partial charge < -0.3 is 20.3 Å². The molecule has 2 atom stereocenters. The molecule has 32 heavy (non-hydrogen) atoms. The first-order valence-corrected chi connectivity index (χ1v) is 12.0. The molecule has 1 aromatic rings. The van der Waals surface area contributed by atoms with E-state index in [-0.39, 0.29) is 18.0 Å². The summed E-state index contributed by atoms with van der Waals surface area (Å²) < 4.78 is 0. The highest BCUT2D eigenvalue weighted by Gasteiger charge is 2.52. The Bertz CT molecular complexity index is 820.